The Morgan fingerprint density at radius 1 is 1.12 bits per heavy atom. The van der Waals surface area contributed by atoms with Gasteiger partial charge in [0.1, 0.15) is 5.75 Å². The van der Waals surface area contributed by atoms with Gasteiger partial charge < -0.3 is 10.1 Å². The molecule has 9 heteroatoms. The Morgan fingerprint density at radius 3 is 2.42 bits per heavy atom. The first-order chi connectivity index (χ1) is 11.3. The fourth-order valence-electron chi connectivity index (χ4n) is 1.75. The van der Waals surface area contributed by atoms with E-state index in [1.165, 1.54) is 12.1 Å². The van der Waals surface area contributed by atoms with Crippen LogP contribution >= 0.6 is 63.0 Å². The fraction of sp³-hybridized carbons (Fsp3) is 0.0667. The topological polar surface area (TPSA) is 50.4 Å². The molecule has 0 radical (unpaired) electrons. The smallest absolute Gasteiger partial charge is 0.257 e. The SMILES string of the molecule is COc1ccc(C(=O)NC(=S)Nc2cc(Cl)c(Cl)cc2Cl)cc1Br. The Hall–Kier alpha value is -1.05. The molecule has 0 aromatic heterocycles. The van der Waals surface area contributed by atoms with Crippen LogP contribution in [0.5, 0.6) is 5.75 Å². The second-order valence-corrected chi connectivity index (χ2v) is 6.99. The van der Waals surface area contributed by atoms with Crippen LogP contribution in [0.4, 0.5) is 5.69 Å². The van der Waals surface area contributed by atoms with Crippen molar-refractivity contribution in [2.75, 3.05) is 12.4 Å². The molecule has 0 spiro atoms. The summed E-state index contributed by atoms with van der Waals surface area (Å²) in [5.74, 6) is 0.238. The predicted molar refractivity (Wildman–Crippen MR) is 106 cm³/mol. The Morgan fingerprint density at radius 2 is 1.79 bits per heavy atom. The zero-order chi connectivity index (χ0) is 17.9. The molecule has 0 heterocycles. The third-order valence-electron chi connectivity index (χ3n) is 2.90. The van der Waals surface area contributed by atoms with Crippen molar-refractivity contribution in [3.63, 3.8) is 0 Å². The number of carbonyl (C=O) groups is 1. The monoisotopic (exact) mass is 466 g/mol. The van der Waals surface area contributed by atoms with Gasteiger partial charge in [-0.2, -0.15) is 0 Å². The van der Waals surface area contributed by atoms with Crippen molar-refractivity contribution in [3.05, 3.63) is 55.4 Å². The van der Waals surface area contributed by atoms with Crippen LogP contribution in [0, 0.1) is 0 Å². The molecule has 126 valence electrons. The van der Waals surface area contributed by atoms with Crippen LogP contribution in [-0.2, 0) is 0 Å². The second kappa shape index (κ2) is 8.36. The van der Waals surface area contributed by atoms with Crippen LogP contribution in [0.2, 0.25) is 15.1 Å². The van der Waals surface area contributed by atoms with Gasteiger partial charge in [-0.25, -0.2) is 0 Å². The minimum atomic E-state index is -0.382. The lowest BCUT2D eigenvalue weighted by atomic mass is 10.2. The number of thiocarbonyl (C=S) groups is 1. The zero-order valence-corrected chi connectivity index (χ0v) is 16.8. The number of rotatable bonds is 3. The van der Waals surface area contributed by atoms with Gasteiger partial charge in [0.05, 0.1) is 32.3 Å². The Kier molecular flexibility index (Phi) is 6.71. The van der Waals surface area contributed by atoms with E-state index in [9.17, 15) is 4.79 Å². The van der Waals surface area contributed by atoms with E-state index in [0.717, 1.165) is 0 Å². The summed E-state index contributed by atoms with van der Waals surface area (Å²) in [7, 11) is 1.54. The summed E-state index contributed by atoms with van der Waals surface area (Å²) >= 11 is 26.3. The van der Waals surface area contributed by atoms with E-state index in [0.29, 0.717) is 36.5 Å². The molecule has 0 aliphatic carbocycles. The normalized spacial score (nSPS) is 10.2. The lowest BCUT2D eigenvalue weighted by Gasteiger charge is -2.12. The van der Waals surface area contributed by atoms with Crippen molar-refractivity contribution in [2.24, 2.45) is 0 Å². The maximum atomic E-state index is 12.2. The molecule has 0 saturated carbocycles. The number of hydrogen-bond acceptors (Lipinski definition) is 3. The van der Waals surface area contributed by atoms with Gasteiger partial charge in [-0.15, -0.1) is 0 Å². The highest BCUT2D eigenvalue weighted by molar-refractivity contribution is 9.10. The van der Waals surface area contributed by atoms with Gasteiger partial charge in [0.2, 0.25) is 0 Å². The standard InChI is InChI=1S/C15H10BrCl3N2O2S/c1-23-13-3-2-7(4-8(13)16)14(22)21-15(24)20-12-6-10(18)9(17)5-11(12)19/h2-6H,1H3,(H2,20,21,22,24). The van der Waals surface area contributed by atoms with Crippen molar-refractivity contribution in [2.45, 2.75) is 0 Å². The molecule has 0 aliphatic rings. The van der Waals surface area contributed by atoms with Crippen molar-refractivity contribution in [1.29, 1.82) is 0 Å². The molecule has 2 aromatic rings. The molecule has 0 fully saturated rings. The van der Waals surface area contributed by atoms with Gasteiger partial charge in [-0.1, -0.05) is 34.8 Å². The van der Waals surface area contributed by atoms with E-state index in [4.69, 9.17) is 51.8 Å². The highest BCUT2D eigenvalue weighted by Gasteiger charge is 2.12. The maximum absolute atomic E-state index is 12.2. The molecular formula is C15H10BrCl3N2O2S. The molecular weight excluding hydrogens is 459 g/mol. The predicted octanol–water partition coefficient (Wildman–Crippen LogP) is 5.54. The number of benzene rings is 2. The molecule has 0 saturated heterocycles. The number of nitrogens with one attached hydrogen (secondary N) is 2. The van der Waals surface area contributed by atoms with Gasteiger partial charge in [0.25, 0.3) is 5.91 Å². The fourth-order valence-corrected chi connectivity index (χ4v) is 3.09. The average Bonchev–Trinajstić information content (AvgIpc) is 2.52. The van der Waals surface area contributed by atoms with E-state index in [-0.39, 0.29) is 11.0 Å². The Balaban J connectivity index is 2.08. The number of ether oxygens (including phenoxy) is 1. The first-order valence-corrected chi connectivity index (χ1v) is 8.75. The third kappa shape index (κ3) is 4.74. The van der Waals surface area contributed by atoms with Crippen molar-refractivity contribution in [3.8, 4) is 5.75 Å². The number of halogens is 4. The second-order valence-electron chi connectivity index (χ2n) is 4.50. The van der Waals surface area contributed by atoms with E-state index < -0.39 is 0 Å². The van der Waals surface area contributed by atoms with E-state index in [1.807, 2.05) is 0 Å². The van der Waals surface area contributed by atoms with Crippen LogP contribution < -0.4 is 15.4 Å². The summed E-state index contributed by atoms with van der Waals surface area (Å²) in [6.45, 7) is 0. The lowest BCUT2D eigenvalue weighted by Crippen LogP contribution is -2.34. The number of methoxy groups -OCH3 is 1. The van der Waals surface area contributed by atoms with Gasteiger partial charge in [0.15, 0.2) is 5.11 Å². The Labute approximate surface area is 167 Å². The summed E-state index contributed by atoms with van der Waals surface area (Å²) in [6.07, 6.45) is 0. The molecule has 2 aromatic carbocycles. The minimum Gasteiger partial charge on any atom is -0.496 e. The van der Waals surface area contributed by atoms with Crippen LogP contribution in [0.1, 0.15) is 10.4 Å². The quantitative estimate of drug-likeness (QED) is 0.458. The highest BCUT2D eigenvalue weighted by Crippen LogP contribution is 2.32. The maximum Gasteiger partial charge on any atom is 0.257 e. The minimum absolute atomic E-state index is 0.0761. The number of hydrogen-bond donors (Lipinski definition) is 2. The lowest BCUT2D eigenvalue weighted by molar-refractivity contribution is 0.0977. The van der Waals surface area contributed by atoms with Crippen LogP contribution in [-0.4, -0.2) is 18.1 Å². The Bertz CT molecular complexity index is 818. The van der Waals surface area contributed by atoms with Gasteiger partial charge >= 0.3 is 0 Å². The highest BCUT2D eigenvalue weighted by atomic mass is 79.9. The van der Waals surface area contributed by atoms with Crippen LogP contribution in [0.3, 0.4) is 0 Å². The van der Waals surface area contributed by atoms with Gasteiger partial charge in [0, 0.05) is 5.56 Å². The number of amides is 1. The van der Waals surface area contributed by atoms with Crippen molar-refractivity contribution < 1.29 is 9.53 Å². The molecule has 0 unspecified atom stereocenters. The van der Waals surface area contributed by atoms with Crippen molar-refractivity contribution >= 4 is 79.7 Å². The largest absolute Gasteiger partial charge is 0.496 e. The van der Waals surface area contributed by atoms with Crippen LogP contribution in [0.15, 0.2) is 34.8 Å². The zero-order valence-electron chi connectivity index (χ0n) is 12.1. The molecule has 1 amide bonds. The summed E-state index contributed by atoms with van der Waals surface area (Å²) in [4.78, 5) is 12.2. The average molecular weight is 469 g/mol. The third-order valence-corrected chi connectivity index (χ3v) is 4.76. The van der Waals surface area contributed by atoms with Crippen LogP contribution in [0.25, 0.3) is 0 Å². The molecule has 0 atom stereocenters. The van der Waals surface area contributed by atoms with Gasteiger partial charge in [-0.05, 0) is 58.5 Å². The first-order valence-electron chi connectivity index (χ1n) is 6.42. The summed E-state index contributed by atoms with van der Waals surface area (Å²) in [5, 5.41) is 6.40. The number of anilines is 1. The summed E-state index contributed by atoms with van der Waals surface area (Å²) in [6, 6.07) is 7.93. The first kappa shape index (κ1) is 19.3. The molecule has 0 bridgehead atoms. The van der Waals surface area contributed by atoms with Crippen molar-refractivity contribution in [1.82, 2.24) is 5.32 Å². The van der Waals surface area contributed by atoms with Gasteiger partial charge in [-0.3, -0.25) is 10.1 Å². The summed E-state index contributed by atoms with van der Waals surface area (Å²) in [5.41, 5.74) is 0.847. The summed E-state index contributed by atoms with van der Waals surface area (Å²) < 4.78 is 5.78. The molecule has 2 rings (SSSR count). The van der Waals surface area contributed by atoms with E-state index >= 15 is 0 Å². The molecule has 24 heavy (non-hydrogen) atoms. The molecule has 0 aliphatic heterocycles. The van der Waals surface area contributed by atoms with E-state index in [1.54, 1.807) is 25.3 Å². The molecule has 2 N–H and O–H groups in total. The van der Waals surface area contributed by atoms with E-state index in [2.05, 4.69) is 26.6 Å². The molecule has 4 nitrogen and oxygen atoms in total. The number of carbonyl (C=O) groups excluding carboxylic acids is 1.